The van der Waals surface area contributed by atoms with E-state index < -0.39 is 0 Å². The van der Waals surface area contributed by atoms with Crippen molar-refractivity contribution in [2.45, 2.75) is 0 Å². The molecule has 6 rings (SSSR count). The van der Waals surface area contributed by atoms with E-state index >= 15 is 0 Å². The van der Waals surface area contributed by atoms with Crippen LogP contribution >= 0.6 is 0 Å². The van der Waals surface area contributed by atoms with Crippen molar-refractivity contribution >= 4 is 22.1 Å². The number of fused-ring (bicyclic) bond motifs is 1. The molecule has 6 aromatic rings. The monoisotopic (exact) mass is 447 g/mol. The summed E-state index contributed by atoms with van der Waals surface area (Å²) in [5.74, 6) is 0. The summed E-state index contributed by atoms with van der Waals surface area (Å²) in [4.78, 5) is 0. The van der Waals surface area contributed by atoms with Gasteiger partial charge < -0.3 is 5.32 Å². The largest absolute Gasteiger partial charge is 0.355 e. The molecule has 0 amide bonds. The molecule has 0 heterocycles. The van der Waals surface area contributed by atoms with Gasteiger partial charge in [-0.3, -0.25) is 0 Å². The zero-order valence-corrected chi connectivity index (χ0v) is 19.4. The van der Waals surface area contributed by atoms with Gasteiger partial charge in [-0.15, -0.1) is 0 Å². The standard InChI is InChI=1S/C34H25N/c1-2-9-28(10-3-1)33-14-6-7-16-34(33)35-30-23-21-26(22-24-30)25-17-19-29(20-18-25)32-15-8-12-27-11-4-5-13-31(27)32/h1-24,35H. The molecule has 1 nitrogen and oxygen atoms in total. The van der Waals surface area contributed by atoms with Gasteiger partial charge in [-0.1, -0.05) is 127 Å². The number of rotatable bonds is 5. The first kappa shape index (κ1) is 20.9. The maximum atomic E-state index is 3.60. The zero-order valence-electron chi connectivity index (χ0n) is 19.4. The van der Waals surface area contributed by atoms with Crippen LogP contribution < -0.4 is 5.32 Å². The minimum absolute atomic E-state index is 1.07. The molecule has 1 N–H and O–H groups in total. The molecule has 1 heteroatoms. The normalized spacial score (nSPS) is 10.9. The van der Waals surface area contributed by atoms with Crippen LogP contribution in [0.5, 0.6) is 0 Å². The van der Waals surface area contributed by atoms with Crippen LogP contribution in [0.3, 0.4) is 0 Å². The Kier molecular flexibility index (Phi) is 5.58. The van der Waals surface area contributed by atoms with Crippen molar-refractivity contribution in [3.8, 4) is 33.4 Å². The average Bonchev–Trinajstić information content (AvgIpc) is 2.94. The highest BCUT2D eigenvalue weighted by molar-refractivity contribution is 5.96. The van der Waals surface area contributed by atoms with Crippen LogP contribution in [0.2, 0.25) is 0 Å². The second-order valence-corrected chi connectivity index (χ2v) is 8.72. The van der Waals surface area contributed by atoms with Crippen LogP contribution in [0.1, 0.15) is 0 Å². The molecule has 0 saturated heterocycles. The highest BCUT2D eigenvalue weighted by Gasteiger charge is 2.07. The van der Waals surface area contributed by atoms with Gasteiger partial charge >= 0.3 is 0 Å². The molecule has 0 atom stereocenters. The quantitative estimate of drug-likeness (QED) is 0.277. The molecule has 0 aliphatic heterocycles. The number of nitrogens with one attached hydrogen (secondary N) is 1. The molecule has 0 saturated carbocycles. The Balaban J connectivity index is 1.24. The summed E-state index contributed by atoms with van der Waals surface area (Å²) in [6.07, 6.45) is 0. The summed E-state index contributed by atoms with van der Waals surface area (Å²) >= 11 is 0. The number of benzene rings is 6. The first-order valence-electron chi connectivity index (χ1n) is 12.0. The minimum atomic E-state index is 1.07. The van der Waals surface area contributed by atoms with Crippen molar-refractivity contribution in [2.24, 2.45) is 0 Å². The molecule has 0 unspecified atom stereocenters. The van der Waals surface area contributed by atoms with E-state index in [0.29, 0.717) is 0 Å². The molecular formula is C34H25N. The van der Waals surface area contributed by atoms with Gasteiger partial charge in [0.1, 0.15) is 0 Å². The first-order chi connectivity index (χ1) is 17.3. The third kappa shape index (κ3) is 4.32. The lowest BCUT2D eigenvalue weighted by atomic mass is 9.96. The fourth-order valence-corrected chi connectivity index (χ4v) is 4.68. The summed E-state index contributed by atoms with van der Waals surface area (Å²) in [5.41, 5.74) is 9.50. The molecule has 0 bridgehead atoms. The molecule has 0 radical (unpaired) electrons. The highest BCUT2D eigenvalue weighted by Crippen LogP contribution is 2.33. The SMILES string of the molecule is c1ccc(-c2ccccc2Nc2ccc(-c3ccc(-c4cccc5ccccc45)cc3)cc2)cc1. The van der Waals surface area contributed by atoms with Gasteiger partial charge in [0, 0.05) is 16.9 Å². The lowest BCUT2D eigenvalue weighted by Gasteiger charge is -2.13. The fourth-order valence-electron chi connectivity index (χ4n) is 4.68. The summed E-state index contributed by atoms with van der Waals surface area (Å²) in [6.45, 7) is 0. The van der Waals surface area contributed by atoms with Crippen LogP contribution in [0.4, 0.5) is 11.4 Å². The Labute approximate surface area is 206 Å². The lowest BCUT2D eigenvalue weighted by Crippen LogP contribution is -1.93. The van der Waals surface area contributed by atoms with Crippen molar-refractivity contribution < 1.29 is 0 Å². The van der Waals surface area contributed by atoms with Gasteiger partial charge in [0.05, 0.1) is 0 Å². The molecule has 166 valence electrons. The van der Waals surface area contributed by atoms with E-state index in [9.17, 15) is 0 Å². The number of para-hydroxylation sites is 1. The van der Waals surface area contributed by atoms with Crippen LogP contribution in [0.25, 0.3) is 44.2 Å². The van der Waals surface area contributed by atoms with Gasteiger partial charge in [-0.05, 0) is 56.8 Å². The third-order valence-electron chi connectivity index (χ3n) is 6.49. The summed E-state index contributed by atoms with van der Waals surface area (Å²) in [7, 11) is 0. The molecule has 0 aliphatic rings. The van der Waals surface area contributed by atoms with Crippen LogP contribution in [0, 0.1) is 0 Å². The second-order valence-electron chi connectivity index (χ2n) is 8.72. The molecule has 6 aromatic carbocycles. The lowest BCUT2D eigenvalue weighted by molar-refractivity contribution is 1.53. The van der Waals surface area contributed by atoms with E-state index in [1.54, 1.807) is 0 Å². The molecule has 0 spiro atoms. The number of hydrogen-bond acceptors (Lipinski definition) is 1. The van der Waals surface area contributed by atoms with E-state index in [-0.39, 0.29) is 0 Å². The van der Waals surface area contributed by atoms with Gasteiger partial charge in [0.25, 0.3) is 0 Å². The van der Waals surface area contributed by atoms with Gasteiger partial charge in [0.15, 0.2) is 0 Å². The summed E-state index contributed by atoms with van der Waals surface area (Å²) < 4.78 is 0. The molecule has 0 fully saturated rings. The average molecular weight is 448 g/mol. The summed E-state index contributed by atoms with van der Waals surface area (Å²) in [5, 5.41) is 6.15. The van der Waals surface area contributed by atoms with Gasteiger partial charge in [-0.2, -0.15) is 0 Å². The van der Waals surface area contributed by atoms with Crippen LogP contribution in [0.15, 0.2) is 146 Å². The van der Waals surface area contributed by atoms with E-state index in [0.717, 1.165) is 11.4 Å². The molecule has 35 heavy (non-hydrogen) atoms. The molecule has 0 aromatic heterocycles. The van der Waals surface area contributed by atoms with Gasteiger partial charge in [-0.25, -0.2) is 0 Å². The van der Waals surface area contributed by atoms with Crippen LogP contribution in [-0.2, 0) is 0 Å². The van der Waals surface area contributed by atoms with Crippen molar-refractivity contribution in [1.29, 1.82) is 0 Å². The van der Waals surface area contributed by atoms with E-state index in [1.165, 1.54) is 44.2 Å². The Bertz CT molecular complexity index is 1580. The Hall–Kier alpha value is -4.62. The topological polar surface area (TPSA) is 12.0 Å². The van der Waals surface area contributed by atoms with Crippen molar-refractivity contribution in [3.63, 3.8) is 0 Å². The number of anilines is 2. The molecule has 0 aliphatic carbocycles. The number of hydrogen-bond donors (Lipinski definition) is 1. The van der Waals surface area contributed by atoms with Gasteiger partial charge in [0.2, 0.25) is 0 Å². The maximum Gasteiger partial charge on any atom is 0.0463 e. The summed E-state index contributed by atoms with van der Waals surface area (Å²) in [6, 6.07) is 51.5. The Morgan fingerprint density at radius 1 is 0.343 bits per heavy atom. The highest BCUT2D eigenvalue weighted by atomic mass is 14.9. The van der Waals surface area contributed by atoms with E-state index in [2.05, 4.69) is 145 Å². The predicted molar refractivity (Wildman–Crippen MR) is 150 cm³/mol. The third-order valence-corrected chi connectivity index (χ3v) is 6.49. The van der Waals surface area contributed by atoms with E-state index in [4.69, 9.17) is 0 Å². The smallest absolute Gasteiger partial charge is 0.0463 e. The maximum absolute atomic E-state index is 3.60. The fraction of sp³-hybridized carbons (Fsp3) is 0. The first-order valence-corrected chi connectivity index (χ1v) is 12.0. The Morgan fingerprint density at radius 3 is 1.69 bits per heavy atom. The van der Waals surface area contributed by atoms with Crippen LogP contribution in [-0.4, -0.2) is 0 Å². The van der Waals surface area contributed by atoms with E-state index in [1.807, 2.05) is 6.07 Å². The van der Waals surface area contributed by atoms with Crippen molar-refractivity contribution in [1.82, 2.24) is 0 Å². The van der Waals surface area contributed by atoms with Crippen molar-refractivity contribution in [2.75, 3.05) is 5.32 Å². The zero-order chi connectivity index (χ0) is 23.5. The van der Waals surface area contributed by atoms with Crippen molar-refractivity contribution in [3.05, 3.63) is 146 Å². The molecular weight excluding hydrogens is 422 g/mol. The minimum Gasteiger partial charge on any atom is -0.355 e. The predicted octanol–water partition coefficient (Wildman–Crippen LogP) is 9.58. The Morgan fingerprint density at radius 2 is 0.886 bits per heavy atom. The second kappa shape index (κ2) is 9.32.